The lowest BCUT2D eigenvalue weighted by molar-refractivity contribution is -0.142. The lowest BCUT2D eigenvalue weighted by atomic mass is 10.3. The smallest absolute Gasteiger partial charge is 0.331 e. The van der Waals surface area contributed by atoms with E-state index in [-0.39, 0.29) is 18.6 Å². The van der Waals surface area contributed by atoms with Crippen molar-refractivity contribution in [3.8, 4) is 0 Å². The Morgan fingerprint density at radius 1 is 1.30 bits per heavy atom. The highest BCUT2D eigenvalue weighted by molar-refractivity contribution is 5.92. The molecule has 7 heteroatoms. The molecule has 0 bridgehead atoms. The van der Waals surface area contributed by atoms with E-state index in [0.29, 0.717) is 11.5 Å². The molecule has 0 atom stereocenters. The molecule has 1 amide bonds. The van der Waals surface area contributed by atoms with Crippen LogP contribution in [-0.4, -0.2) is 30.6 Å². The van der Waals surface area contributed by atoms with Crippen LogP contribution in [0, 0.1) is 0 Å². The summed E-state index contributed by atoms with van der Waals surface area (Å²) in [6.07, 6.45) is 2.93. The highest BCUT2D eigenvalue weighted by Crippen LogP contribution is 2.00. The maximum Gasteiger partial charge on any atom is 0.331 e. The summed E-state index contributed by atoms with van der Waals surface area (Å²) >= 11 is 0. The summed E-state index contributed by atoms with van der Waals surface area (Å²) in [5.74, 6) is -1.39. The standard InChI is InChI=1S/C13H16N2O5/c1-8(2)20-13(18)5-4-12(17)19-7-10-6-11(16)15-9(3)14-10/h4-6,8,14H,3,7H2,1-2H3,(H,15,16)/b5-4+. The van der Waals surface area contributed by atoms with Gasteiger partial charge in [-0.2, -0.15) is 0 Å². The van der Waals surface area contributed by atoms with E-state index < -0.39 is 11.9 Å². The summed E-state index contributed by atoms with van der Waals surface area (Å²) in [6, 6.07) is 0. The lowest BCUT2D eigenvalue weighted by Gasteiger charge is -2.17. The molecule has 0 aromatic heterocycles. The Kier molecular flexibility index (Phi) is 5.52. The normalized spacial score (nSPS) is 14.7. The van der Waals surface area contributed by atoms with Gasteiger partial charge in [0.25, 0.3) is 5.91 Å². The van der Waals surface area contributed by atoms with Crippen molar-refractivity contribution >= 4 is 17.8 Å². The SMILES string of the molecule is C=C1NC(=O)C=C(COC(=O)/C=C/C(=O)OC(C)C)N1. The number of hydrogen-bond acceptors (Lipinski definition) is 6. The summed E-state index contributed by atoms with van der Waals surface area (Å²) in [4.78, 5) is 33.6. The predicted molar refractivity (Wildman–Crippen MR) is 69.8 cm³/mol. The van der Waals surface area contributed by atoms with Crippen LogP contribution in [0.5, 0.6) is 0 Å². The maximum absolute atomic E-state index is 11.3. The topological polar surface area (TPSA) is 93.7 Å². The molecular weight excluding hydrogens is 264 g/mol. The van der Waals surface area contributed by atoms with Gasteiger partial charge in [-0.15, -0.1) is 0 Å². The molecular formula is C13H16N2O5. The predicted octanol–water partition coefficient (Wildman–Crippen LogP) is 0.112. The van der Waals surface area contributed by atoms with Gasteiger partial charge in [0.2, 0.25) is 0 Å². The van der Waals surface area contributed by atoms with E-state index in [1.54, 1.807) is 13.8 Å². The minimum absolute atomic E-state index is 0.130. The number of carbonyl (C=O) groups is 3. The molecule has 1 aliphatic heterocycles. The minimum atomic E-state index is -0.718. The molecule has 0 aliphatic carbocycles. The van der Waals surface area contributed by atoms with Gasteiger partial charge < -0.3 is 20.1 Å². The number of rotatable bonds is 5. The number of esters is 2. The van der Waals surface area contributed by atoms with Crippen molar-refractivity contribution in [3.63, 3.8) is 0 Å². The molecule has 0 spiro atoms. The second-order valence-corrected chi connectivity index (χ2v) is 4.19. The van der Waals surface area contributed by atoms with Gasteiger partial charge in [-0.05, 0) is 13.8 Å². The maximum atomic E-state index is 11.3. The Morgan fingerprint density at radius 2 is 1.95 bits per heavy atom. The quantitative estimate of drug-likeness (QED) is 0.548. The molecule has 0 unspecified atom stereocenters. The molecule has 1 aliphatic rings. The van der Waals surface area contributed by atoms with Gasteiger partial charge in [0.1, 0.15) is 12.4 Å². The minimum Gasteiger partial charge on any atom is -0.460 e. The third-order valence-corrected chi connectivity index (χ3v) is 1.97. The van der Waals surface area contributed by atoms with Gasteiger partial charge in [-0.3, -0.25) is 4.79 Å². The Bertz CT molecular complexity index is 491. The molecule has 0 radical (unpaired) electrons. The molecule has 20 heavy (non-hydrogen) atoms. The first-order chi connectivity index (χ1) is 9.36. The van der Waals surface area contributed by atoms with Crippen LogP contribution in [0.3, 0.4) is 0 Å². The molecule has 7 nitrogen and oxygen atoms in total. The van der Waals surface area contributed by atoms with Crippen molar-refractivity contribution in [1.29, 1.82) is 0 Å². The Balaban J connectivity index is 2.40. The van der Waals surface area contributed by atoms with Crippen molar-refractivity contribution in [3.05, 3.63) is 36.3 Å². The van der Waals surface area contributed by atoms with Gasteiger partial charge >= 0.3 is 11.9 Å². The summed E-state index contributed by atoms with van der Waals surface area (Å²) in [5.41, 5.74) is 0.394. The highest BCUT2D eigenvalue weighted by atomic mass is 16.5. The van der Waals surface area contributed by atoms with E-state index in [0.717, 1.165) is 12.2 Å². The number of hydrogen-bond donors (Lipinski definition) is 2. The summed E-state index contributed by atoms with van der Waals surface area (Å²) in [7, 11) is 0. The van der Waals surface area contributed by atoms with Crippen LogP contribution in [0.4, 0.5) is 0 Å². The fourth-order valence-corrected chi connectivity index (χ4v) is 1.29. The molecule has 0 fully saturated rings. The average Bonchev–Trinajstić information content (AvgIpc) is 2.32. The van der Waals surface area contributed by atoms with Crippen LogP contribution in [0.25, 0.3) is 0 Å². The van der Waals surface area contributed by atoms with Crippen molar-refractivity contribution < 1.29 is 23.9 Å². The van der Waals surface area contributed by atoms with Gasteiger partial charge in [0, 0.05) is 18.2 Å². The van der Waals surface area contributed by atoms with Gasteiger partial charge in [-0.1, -0.05) is 6.58 Å². The van der Waals surface area contributed by atoms with Crippen LogP contribution in [0.15, 0.2) is 36.3 Å². The van der Waals surface area contributed by atoms with Crippen molar-refractivity contribution in [2.45, 2.75) is 20.0 Å². The van der Waals surface area contributed by atoms with E-state index >= 15 is 0 Å². The first-order valence-electron chi connectivity index (χ1n) is 5.89. The zero-order chi connectivity index (χ0) is 15.1. The Labute approximate surface area is 116 Å². The monoisotopic (exact) mass is 280 g/mol. The van der Waals surface area contributed by atoms with Crippen molar-refractivity contribution in [2.75, 3.05) is 6.61 Å². The second kappa shape index (κ2) is 7.13. The number of carbonyl (C=O) groups excluding carboxylic acids is 3. The molecule has 0 saturated carbocycles. The number of nitrogens with one attached hydrogen (secondary N) is 2. The summed E-state index contributed by atoms with van der Waals surface area (Å²) in [5, 5.41) is 5.15. The third kappa shape index (κ3) is 5.85. The van der Waals surface area contributed by atoms with Crippen LogP contribution in [0.2, 0.25) is 0 Å². The molecule has 2 N–H and O–H groups in total. The molecule has 0 aromatic rings. The molecule has 1 heterocycles. The second-order valence-electron chi connectivity index (χ2n) is 4.19. The average molecular weight is 280 g/mol. The molecule has 108 valence electrons. The van der Waals surface area contributed by atoms with Crippen LogP contribution in [0.1, 0.15) is 13.8 Å². The molecule has 0 saturated heterocycles. The number of ether oxygens (including phenoxy) is 2. The molecule has 0 aromatic carbocycles. The first kappa shape index (κ1) is 15.5. The lowest BCUT2D eigenvalue weighted by Crippen LogP contribution is -2.36. The Hall–Kier alpha value is -2.57. The van der Waals surface area contributed by atoms with Crippen LogP contribution < -0.4 is 10.6 Å². The first-order valence-corrected chi connectivity index (χ1v) is 5.89. The zero-order valence-corrected chi connectivity index (χ0v) is 11.3. The largest absolute Gasteiger partial charge is 0.460 e. The van der Waals surface area contributed by atoms with E-state index in [1.165, 1.54) is 6.08 Å². The third-order valence-electron chi connectivity index (χ3n) is 1.97. The highest BCUT2D eigenvalue weighted by Gasteiger charge is 2.12. The fourth-order valence-electron chi connectivity index (χ4n) is 1.29. The van der Waals surface area contributed by atoms with Crippen LogP contribution >= 0.6 is 0 Å². The van der Waals surface area contributed by atoms with E-state index in [1.807, 2.05) is 0 Å². The van der Waals surface area contributed by atoms with Gasteiger partial charge in [-0.25, -0.2) is 9.59 Å². The van der Waals surface area contributed by atoms with Crippen molar-refractivity contribution in [1.82, 2.24) is 10.6 Å². The number of amides is 1. The van der Waals surface area contributed by atoms with Gasteiger partial charge in [0.05, 0.1) is 11.8 Å². The fraction of sp³-hybridized carbons (Fsp3) is 0.308. The van der Waals surface area contributed by atoms with Gasteiger partial charge in [0.15, 0.2) is 0 Å². The molecule has 1 rings (SSSR count). The summed E-state index contributed by atoms with van der Waals surface area (Å²) < 4.78 is 9.65. The van der Waals surface area contributed by atoms with E-state index in [4.69, 9.17) is 9.47 Å². The van der Waals surface area contributed by atoms with E-state index in [2.05, 4.69) is 17.2 Å². The summed E-state index contributed by atoms with van der Waals surface area (Å²) in [6.45, 7) is 6.79. The Morgan fingerprint density at radius 3 is 2.55 bits per heavy atom. The zero-order valence-electron chi connectivity index (χ0n) is 11.3. The van der Waals surface area contributed by atoms with Crippen LogP contribution in [-0.2, 0) is 23.9 Å². The van der Waals surface area contributed by atoms with Crippen molar-refractivity contribution in [2.24, 2.45) is 0 Å². The van der Waals surface area contributed by atoms with E-state index in [9.17, 15) is 14.4 Å².